The van der Waals surface area contributed by atoms with Gasteiger partial charge in [0.15, 0.2) is 11.5 Å². The Bertz CT molecular complexity index is 1050. The standard InChI is InChI=1S/C25H30FN3O5/c1-31-23-6-5-20(13-24(23)33-12-10-28-8-7-27-19-28)15-29-9-11-32-17-25(30,16-29)18-34-22-4-2-3-21(26)14-22/h2-8,13-14,19,30H,9-12,15-18H2,1H3. The quantitative estimate of drug-likeness (QED) is 0.487. The van der Waals surface area contributed by atoms with Crippen molar-refractivity contribution in [2.45, 2.75) is 18.7 Å². The van der Waals surface area contributed by atoms with E-state index in [1.54, 1.807) is 31.8 Å². The first-order valence-corrected chi connectivity index (χ1v) is 11.2. The van der Waals surface area contributed by atoms with Crippen LogP contribution in [0.3, 0.4) is 0 Å². The molecule has 1 aliphatic rings. The molecule has 0 aliphatic carbocycles. The average Bonchev–Trinajstić information content (AvgIpc) is 3.27. The highest BCUT2D eigenvalue weighted by atomic mass is 19.1. The van der Waals surface area contributed by atoms with Crippen LogP contribution in [0.4, 0.5) is 4.39 Å². The predicted molar refractivity (Wildman–Crippen MR) is 124 cm³/mol. The van der Waals surface area contributed by atoms with E-state index < -0.39 is 5.60 Å². The van der Waals surface area contributed by atoms with Gasteiger partial charge in [-0.05, 0) is 29.8 Å². The maximum Gasteiger partial charge on any atom is 0.161 e. The molecule has 8 nitrogen and oxygen atoms in total. The van der Waals surface area contributed by atoms with E-state index in [2.05, 4.69) is 9.88 Å². The van der Waals surface area contributed by atoms with Gasteiger partial charge in [-0.2, -0.15) is 0 Å². The maximum absolute atomic E-state index is 13.4. The molecule has 2 heterocycles. The van der Waals surface area contributed by atoms with Crippen LogP contribution in [-0.2, 0) is 17.8 Å². The number of hydrogen-bond donors (Lipinski definition) is 1. The number of nitrogens with zero attached hydrogens (tertiary/aromatic N) is 3. The van der Waals surface area contributed by atoms with E-state index in [1.807, 2.05) is 29.0 Å². The number of hydrogen-bond acceptors (Lipinski definition) is 7. The SMILES string of the molecule is COc1ccc(CN2CCOCC(O)(COc3cccc(F)c3)C2)cc1OCCn1ccnc1. The van der Waals surface area contributed by atoms with Crippen LogP contribution < -0.4 is 14.2 Å². The molecule has 182 valence electrons. The first-order valence-electron chi connectivity index (χ1n) is 11.2. The molecule has 34 heavy (non-hydrogen) atoms. The Balaban J connectivity index is 1.38. The third kappa shape index (κ3) is 6.69. The Morgan fingerprint density at radius 1 is 1.18 bits per heavy atom. The van der Waals surface area contributed by atoms with Crippen molar-refractivity contribution >= 4 is 0 Å². The summed E-state index contributed by atoms with van der Waals surface area (Å²) in [6.07, 6.45) is 5.37. The van der Waals surface area contributed by atoms with Crippen LogP contribution in [0.25, 0.3) is 0 Å². The molecule has 0 saturated carbocycles. The van der Waals surface area contributed by atoms with Crippen molar-refractivity contribution in [3.05, 3.63) is 72.6 Å². The minimum Gasteiger partial charge on any atom is -0.493 e. The lowest BCUT2D eigenvalue weighted by Crippen LogP contribution is -2.48. The van der Waals surface area contributed by atoms with Gasteiger partial charge in [0.25, 0.3) is 0 Å². The lowest BCUT2D eigenvalue weighted by molar-refractivity contribution is -0.0647. The minimum atomic E-state index is -1.22. The molecule has 0 spiro atoms. The maximum atomic E-state index is 13.4. The van der Waals surface area contributed by atoms with Crippen molar-refractivity contribution in [2.75, 3.05) is 46.6 Å². The Morgan fingerprint density at radius 3 is 2.88 bits per heavy atom. The number of benzene rings is 2. The zero-order valence-corrected chi connectivity index (χ0v) is 19.2. The molecule has 0 amide bonds. The third-order valence-electron chi connectivity index (χ3n) is 5.54. The number of aromatic nitrogens is 2. The molecule has 4 rings (SSSR count). The zero-order valence-electron chi connectivity index (χ0n) is 19.2. The normalized spacial score (nSPS) is 18.9. The number of aliphatic hydroxyl groups is 1. The summed E-state index contributed by atoms with van der Waals surface area (Å²) in [7, 11) is 1.61. The van der Waals surface area contributed by atoms with E-state index in [9.17, 15) is 9.50 Å². The van der Waals surface area contributed by atoms with Gasteiger partial charge in [-0.25, -0.2) is 9.37 Å². The second kappa shape index (κ2) is 11.3. The topological polar surface area (TPSA) is 78.2 Å². The van der Waals surface area contributed by atoms with Crippen LogP contribution >= 0.6 is 0 Å². The highest BCUT2D eigenvalue weighted by molar-refractivity contribution is 5.43. The van der Waals surface area contributed by atoms with Crippen LogP contribution in [0.15, 0.2) is 61.2 Å². The largest absolute Gasteiger partial charge is 0.493 e. The Morgan fingerprint density at radius 2 is 2.09 bits per heavy atom. The highest BCUT2D eigenvalue weighted by Crippen LogP contribution is 2.29. The summed E-state index contributed by atoms with van der Waals surface area (Å²) in [6, 6.07) is 11.7. The van der Waals surface area contributed by atoms with Gasteiger partial charge in [-0.1, -0.05) is 12.1 Å². The van der Waals surface area contributed by atoms with Gasteiger partial charge in [0, 0.05) is 38.1 Å². The number of ether oxygens (including phenoxy) is 4. The van der Waals surface area contributed by atoms with E-state index in [-0.39, 0.29) is 19.0 Å². The number of methoxy groups -OCH3 is 1. The number of rotatable bonds is 10. The van der Waals surface area contributed by atoms with Crippen LogP contribution in [0.5, 0.6) is 17.2 Å². The summed E-state index contributed by atoms with van der Waals surface area (Å²) in [5, 5.41) is 11.1. The summed E-state index contributed by atoms with van der Waals surface area (Å²) in [4.78, 5) is 6.15. The molecule has 9 heteroatoms. The molecule has 1 N–H and O–H groups in total. The van der Waals surface area contributed by atoms with Crippen molar-refractivity contribution in [3.8, 4) is 17.2 Å². The van der Waals surface area contributed by atoms with E-state index in [0.717, 1.165) is 5.56 Å². The molecule has 1 fully saturated rings. The van der Waals surface area contributed by atoms with Crippen molar-refractivity contribution in [1.82, 2.24) is 14.5 Å². The second-order valence-electron chi connectivity index (χ2n) is 8.37. The molecule has 1 saturated heterocycles. The van der Waals surface area contributed by atoms with E-state index in [0.29, 0.717) is 56.6 Å². The highest BCUT2D eigenvalue weighted by Gasteiger charge is 2.33. The van der Waals surface area contributed by atoms with E-state index in [4.69, 9.17) is 18.9 Å². The van der Waals surface area contributed by atoms with Crippen molar-refractivity contribution < 1.29 is 28.4 Å². The first-order chi connectivity index (χ1) is 16.5. The van der Waals surface area contributed by atoms with Gasteiger partial charge in [0.2, 0.25) is 0 Å². The molecular weight excluding hydrogens is 441 g/mol. The average molecular weight is 472 g/mol. The summed E-state index contributed by atoms with van der Waals surface area (Å²) < 4.78 is 38.1. The third-order valence-corrected chi connectivity index (χ3v) is 5.54. The smallest absolute Gasteiger partial charge is 0.161 e. The molecule has 0 bridgehead atoms. The molecule has 1 aliphatic heterocycles. The molecule has 1 aromatic heterocycles. The zero-order chi connectivity index (χ0) is 23.8. The molecule has 1 atom stereocenters. The van der Waals surface area contributed by atoms with Gasteiger partial charge >= 0.3 is 0 Å². The fourth-order valence-electron chi connectivity index (χ4n) is 3.86. The van der Waals surface area contributed by atoms with Gasteiger partial charge < -0.3 is 28.6 Å². The summed E-state index contributed by atoms with van der Waals surface area (Å²) >= 11 is 0. The summed E-state index contributed by atoms with van der Waals surface area (Å²) in [5.74, 6) is 1.31. The number of β-amino-alcohol motifs (C(OH)–C–C–N with tert-alkyl or cyclic N) is 1. The lowest BCUT2D eigenvalue weighted by atomic mass is 10.1. The fourth-order valence-corrected chi connectivity index (χ4v) is 3.86. The Kier molecular flexibility index (Phi) is 7.99. The Hall–Kier alpha value is -3.14. The Labute approximate surface area is 198 Å². The minimum absolute atomic E-state index is 0.00181. The van der Waals surface area contributed by atoms with Gasteiger partial charge in [0.05, 0.1) is 33.2 Å². The van der Waals surface area contributed by atoms with Crippen LogP contribution in [0.2, 0.25) is 0 Å². The monoisotopic (exact) mass is 471 g/mol. The van der Waals surface area contributed by atoms with Crippen molar-refractivity contribution in [3.63, 3.8) is 0 Å². The van der Waals surface area contributed by atoms with E-state index >= 15 is 0 Å². The fraction of sp³-hybridized carbons (Fsp3) is 0.400. The van der Waals surface area contributed by atoms with Crippen LogP contribution in [0, 0.1) is 5.82 Å². The van der Waals surface area contributed by atoms with Crippen molar-refractivity contribution in [2.24, 2.45) is 0 Å². The van der Waals surface area contributed by atoms with Crippen molar-refractivity contribution in [1.29, 1.82) is 0 Å². The van der Waals surface area contributed by atoms with E-state index in [1.165, 1.54) is 12.1 Å². The molecular formula is C25H30FN3O5. The van der Waals surface area contributed by atoms with Crippen LogP contribution in [0.1, 0.15) is 5.56 Å². The van der Waals surface area contributed by atoms with Gasteiger partial charge in [0.1, 0.15) is 30.4 Å². The molecule has 1 unspecified atom stereocenters. The van der Waals surface area contributed by atoms with Gasteiger partial charge in [-0.15, -0.1) is 0 Å². The number of imidazole rings is 1. The first kappa shape index (κ1) is 24.0. The van der Waals surface area contributed by atoms with Crippen LogP contribution in [-0.4, -0.2) is 71.8 Å². The van der Waals surface area contributed by atoms with Gasteiger partial charge in [-0.3, -0.25) is 4.90 Å². The predicted octanol–water partition coefficient (Wildman–Crippen LogP) is 2.75. The lowest BCUT2D eigenvalue weighted by Gasteiger charge is -2.30. The summed E-state index contributed by atoms with van der Waals surface area (Å²) in [6.45, 7) is 3.39. The molecule has 0 radical (unpaired) electrons. The summed E-state index contributed by atoms with van der Waals surface area (Å²) in [5.41, 5.74) is -0.201. The number of halogens is 1. The molecule has 3 aromatic rings. The second-order valence-corrected chi connectivity index (χ2v) is 8.37. The molecule has 2 aromatic carbocycles.